The van der Waals surface area contributed by atoms with Crippen molar-refractivity contribution in [3.63, 3.8) is 0 Å². The maximum atomic E-state index is 5.47. The van der Waals surface area contributed by atoms with Gasteiger partial charge in [0, 0.05) is 24.4 Å². The van der Waals surface area contributed by atoms with Crippen LogP contribution in [-0.2, 0) is 0 Å². The molecule has 0 radical (unpaired) electrons. The zero-order chi connectivity index (χ0) is 20.2. The molecule has 28 heavy (non-hydrogen) atoms. The van der Waals surface area contributed by atoms with E-state index in [0.29, 0.717) is 24.9 Å². The van der Waals surface area contributed by atoms with E-state index in [9.17, 15) is 0 Å². The SMILES string of the molecule is C/C=C\C=C(/CNCC(/C=C\N)=C/C)c1nc(Nc2ccc(OC)cc2)n[nH]1. The summed E-state index contributed by atoms with van der Waals surface area (Å²) in [6, 6.07) is 7.59. The standard InChI is InChI=1S/C21H28N6O/c1-4-6-7-17(15-23-14-16(5-2)12-13-22)20-25-21(27-26-20)24-18-8-10-19(28-3)11-9-18/h4-13,23H,14-15,22H2,1-3H3,(H2,24,25,26,27)/b6-4-,13-12-,16-5+,17-7+. The van der Waals surface area contributed by atoms with Gasteiger partial charge in [0.05, 0.1) is 7.11 Å². The maximum absolute atomic E-state index is 5.47. The molecule has 0 aliphatic heterocycles. The predicted octanol–water partition coefficient (Wildman–Crippen LogP) is 3.52. The van der Waals surface area contributed by atoms with Crippen LogP contribution in [0.1, 0.15) is 19.7 Å². The lowest BCUT2D eigenvalue weighted by Crippen LogP contribution is -2.19. The molecule has 7 nitrogen and oxygen atoms in total. The van der Waals surface area contributed by atoms with Crippen LogP contribution in [0.5, 0.6) is 5.75 Å². The molecule has 0 bridgehead atoms. The van der Waals surface area contributed by atoms with Crippen molar-refractivity contribution in [3.05, 3.63) is 72.2 Å². The number of benzene rings is 1. The lowest BCUT2D eigenvalue weighted by molar-refractivity contribution is 0.415. The lowest BCUT2D eigenvalue weighted by atomic mass is 10.2. The summed E-state index contributed by atoms with van der Waals surface area (Å²) in [5, 5.41) is 13.8. The van der Waals surface area contributed by atoms with Crippen molar-refractivity contribution < 1.29 is 4.74 Å². The van der Waals surface area contributed by atoms with E-state index >= 15 is 0 Å². The predicted molar refractivity (Wildman–Crippen MR) is 115 cm³/mol. The van der Waals surface area contributed by atoms with Crippen LogP contribution in [0.4, 0.5) is 11.6 Å². The second-order valence-electron chi connectivity index (χ2n) is 5.91. The molecule has 2 aromatic rings. The fourth-order valence-electron chi connectivity index (χ4n) is 2.42. The molecular formula is C21H28N6O. The molecule has 0 saturated carbocycles. The minimum Gasteiger partial charge on any atom is -0.497 e. The van der Waals surface area contributed by atoms with Crippen molar-refractivity contribution >= 4 is 17.2 Å². The van der Waals surface area contributed by atoms with Gasteiger partial charge < -0.3 is 21.1 Å². The van der Waals surface area contributed by atoms with Gasteiger partial charge in [-0.25, -0.2) is 0 Å². The molecule has 1 aromatic heterocycles. The Morgan fingerprint density at radius 1 is 1.21 bits per heavy atom. The van der Waals surface area contributed by atoms with E-state index in [1.54, 1.807) is 13.3 Å². The van der Waals surface area contributed by atoms with Crippen molar-refractivity contribution in [2.45, 2.75) is 13.8 Å². The molecule has 0 aliphatic rings. The molecule has 7 heteroatoms. The van der Waals surface area contributed by atoms with E-state index < -0.39 is 0 Å². The van der Waals surface area contributed by atoms with Crippen LogP contribution in [0.2, 0.25) is 0 Å². The van der Waals surface area contributed by atoms with Crippen molar-refractivity contribution in [1.82, 2.24) is 20.5 Å². The third kappa shape index (κ3) is 6.44. The molecule has 1 aromatic carbocycles. The first-order valence-electron chi connectivity index (χ1n) is 9.10. The fraction of sp³-hybridized carbons (Fsp3) is 0.238. The zero-order valence-corrected chi connectivity index (χ0v) is 16.6. The molecule has 5 N–H and O–H groups in total. The molecule has 1 heterocycles. The number of anilines is 2. The topological polar surface area (TPSA) is 101 Å². The van der Waals surface area contributed by atoms with Gasteiger partial charge in [0.15, 0.2) is 5.82 Å². The number of rotatable bonds is 10. The smallest absolute Gasteiger partial charge is 0.246 e. The van der Waals surface area contributed by atoms with Gasteiger partial charge in [0.25, 0.3) is 0 Å². The molecule has 148 valence electrons. The minimum atomic E-state index is 0.506. The Morgan fingerprint density at radius 2 is 2.00 bits per heavy atom. The maximum Gasteiger partial charge on any atom is 0.246 e. The molecule has 0 aliphatic carbocycles. The highest BCUT2D eigenvalue weighted by molar-refractivity contribution is 5.65. The van der Waals surface area contributed by atoms with Crippen LogP contribution in [0.25, 0.3) is 5.57 Å². The van der Waals surface area contributed by atoms with Crippen molar-refractivity contribution in [3.8, 4) is 5.75 Å². The first-order valence-corrected chi connectivity index (χ1v) is 9.10. The van der Waals surface area contributed by atoms with Gasteiger partial charge in [0.2, 0.25) is 5.95 Å². The summed E-state index contributed by atoms with van der Waals surface area (Å²) in [5.41, 5.74) is 8.47. The Kier molecular flexibility index (Phi) is 8.55. The Morgan fingerprint density at radius 3 is 2.64 bits per heavy atom. The summed E-state index contributed by atoms with van der Waals surface area (Å²) in [4.78, 5) is 4.56. The van der Waals surface area contributed by atoms with Gasteiger partial charge >= 0.3 is 0 Å². The zero-order valence-electron chi connectivity index (χ0n) is 16.6. The van der Waals surface area contributed by atoms with Crippen molar-refractivity contribution in [2.24, 2.45) is 5.73 Å². The first-order chi connectivity index (χ1) is 13.7. The quantitative estimate of drug-likeness (QED) is 0.471. The van der Waals surface area contributed by atoms with E-state index in [4.69, 9.17) is 10.5 Å². The number of methoxy groups -OCH3 is 1. The number of hydrogen-bond donors (Lipinski definition) is 4. The highest BCUT2D eigenvalue weighted by Gasteiger charge is 2.08. The average Bonchev–Trinajstić information content (AvgIpc) is 3.18. The van der Waals surface area contributed by atoms with E-state index in [1.807, 2.05) is 68.5 Å². The van der Waals surface area contributed by atoms with Crippen LogP contribution in [0.3, 0.4) is 0 Å². The van der Waals surface area contributed by atoms with Crippen LogP contribution >= 0.6 is 0 Å². The van der Waals surface area contributed by atoms with E-state index in [-0.39, 0.29) is 0 Å². The minimum absolute atomic E-state index is 0.506. The molecule has 0 spiro atoms. The number of H-pyrrole nitrogens is 1. The number of nitrogens with two attached hydrogens (primary N) is 1. The van der Waals surface area contributed by atoms with Crippen LogP contribution in [0.15, 0.2) is 66.4 Å². The number of hydrogen-bond acceptors (Lipinski definition) is 6. The molecule has 2 rings (SSSR count). The Labute approximate surface area is 166 Å². The number of nitrogens with one attached hydrogen (secondary N) is 3. The lowest BCUT2D eigenvalue weighted by Gasteiger charge is -2.07. The van der Waals surface area contributed by atoms with Gasteiger partial charge in [-0.2, -0.15) is 4.98 Å². The molecular weight excluding hydrogens is 352 g/mol. The number of allylic oxidation sites excluding steroid dienone is 4. The Balaban J connectivity index is 2.05. The fourth-order valence-corrected chi connectivity index (χ4v) is 2.42. The third-order valence-electron chi connectivity index (χ3n) is 3.95. The number of nitrogens with zero attached hydrogens (tertiary/aromatic N) is 2. The summed E-state index contributed by atoms with van der Waals surface area (Å²) < 4.78 is 5.17. The first kappa shape index (κ1) is 21.0. The highest BCUT2D eigenvalue weighted by atomic mass is 16.5. The van der Waals surface area contributed by atoms with Crippen LogP contribution in [-0.4, -0.2) is 35.4 Å². The Bertz CT molecular complexity index is 846. The summed E-state index contributed by atoms with van der Waals surface area (Å²) in [7, 11) is 1.64. The second-order valence-corrected chi connectivity index (χ2v) is 5.91. The van der Waals surface area contributed by atoms with E-state index in [2.05, 4.69) is 25.8 Å². The molecule has 0 amide bonds. The molecule has 0 unspecified atom stereocenters. The van der Waals surface area contributed by atoms with E-state index in [0.717, 1.165) is 22.6 Å². The summed E-state index contributed by atoms with van der Waals surface area (Å²) >= 11 is 0. The Hall–Kier alpha value is -3.32. The monoisotopic (exact) mass is 380 g/mol. The largest absolute Gasteiger partial charge is 0.497 e. The number of aromatic nitrogens is 3. The van der Waals surface area contributed by atoms with Gasteiger partial charge in [-0.3, -0.25) is 5.10 Å². The van der Waals surface area contributed by atoms with Crippen molar-refractivity contribution in [2.75, 3.05) is 25.5 Å². The van der Waals surface area contributed by atoms with Gasteiger partial charge in [-0.1, -0.05) is 24.3 Å². The van der Waals surface area contributed by atoms with Gasteiger partial charge in [0.1, 0.15) is 5.75 Å². The van der Waals surface area contributed by atoms with Crippen LogP contribution in [0, 0.1) is 0 Å². The average molecular weight is 380 g/mol. The highest BCUT2D eigenvalue weighted by Crippen LogP contribution is 2.19. The molecule has 0 fully saturated rings. The molecule has 0 atom stereocenters. The van der Waals surface area contributed by atoms with Crippen molar-refractivity contribution in [1.29, 1.82) is 0 Å². The number of ether oxygens (including phenoxy) is 1. The third-order valence-corrected chi connectivity index (χ3v) is 3.95. The summed E-state index contributed by atoms with van der Waals surface area (Å²) in [5.74, 6) is 2.01. The number of aromatic amines is 1. The van der Waals surface area contributed by atoms with Gasteiger partial charge in [-0.15, -0.1) is 5.10 Å². The van der Waals surface area contributed by atoms with Crippen LogP contribution < -0.4 is 21.1 Å². The van der Waals surface area contributed by atoms with E-state index in [1.165, 1.54) is 0 Å². The molecule has 0 saturated heterocycles. The summed E-state index contributed by atoms with van der Waals surface area (Å²) in [6.45, 7) is 5.31. The normalized spacial score (nSPS) is 12.8. The second kappa shape index (κ2) is 11.4. The van der Waals surface area contributed by atoms with Gasteiger partial charge in [-0.05, 0) is 56.0 Å². The summed E-state index contributed by atoms with van der Waals surface area (Å²) in [6.07, 6.45) is 11.4.